The van der Waals surface area contributed by atoms with Gasteiger partial charge in [0.05, 0.1) is 21.3 Å². The molecule has 0 aliphatic heterocycles. The standard InChI is InChI=1S/C16H20N2O5S/c1-16(8-4-3-5-11(16)15(20)21)17-14(19)10-6-7-13(24-2)12(9-10)18(22)23/h6-7,9,11H,3-5,8H2,1-2H3,(H,17,19)(H,20,21). The van der Waals surface area contributed by atoms with Gasteiger partial charge in [0, 0.05) is 11.6 Å². The van der Waals surface area contributed by atoms with Crippen molar-refractivity contribution in [2.45, 2.75) is 43.0 Å². The van der Waals surface area contributed by atoms with Crippen molar-refractivity contribution in [2.24, 2.45) is 5.92 Å². The van der Waals surface area contributed by atoms with Gasteiger partial charge >= 0.3 is 5.97 Å². The van der Waals surface area contributed by atoms with Crippen molar-refractivity contribution < 1.29 is 19.6 Å². The normalized spacial score (nSPS) is 23.5. The summed E-state index contributed by atoms with van der Waals surface area (Å²) in [4.78, 5) is 35.1. The van der Waals surface area contributed by atoms with Crippen LogP contribution in [-0.2, 0) is 4.79 Å². The molecule has 1 fully saturated rings. The van der Waals surface area contributed by atoms with E-state index in [1.165, 1.54) is 30.0 Å². The molecule has 24 heavy (non-hydrogen) atoms. The van der Waals surface area contributed by atoms with Gasteiger partial charge in [-0.25, -0.2) is 0 Å². The molecule has 1 amide bonds. The SMILES string of the molecule is CSc1ccc(C(=O)NC2(C)CCCCC2C(=O)O)cc1[N+](=O)[O-]. The summed E-state index contributed by atoms with van der Waals surface area (Å²) in [5.74, 6) is -2.07. The highest BCUT2D eigenvalue weighted by molar-refractivity contribution is 7.98. The number of nitrogens with zero attached hydrogens (tertiary/aromatic N) is 1. The molecule has 2 rings (SSSR count). The van der Waals surface area contributed by atoms with E-state index in [0.717, 1.165) is 12.8 Å². The van der Waals surface area contributed by atoms with Crippen LogP contribution in [0.15, 0.2) is 23.1 Å². The first kappa shape index (κ1) is 18.3. The first-order valence-electron chi connectivity index (χ1n) is 7.66. The molecule has 1 aliphatic carbocycles. The van der Waals surface area contributed by atoms with Gasteiger partial charge in [-0.2, -0.15) is 0 Å². The first-order chi connectivity index (χ1) is 11.3. The van der Waals surface area contributed by atoms with E-state index in [2.05, 4.69) is 5.32 Å². The average molecular weight is 352 g/mol. The number of thioether (sulfide) groups is 1. The van der Waals surface area contributed by atoms with Crippen molar-refractivity contribution in [2.75, 3.05) is 6.26 Å². The second-order valence-corrected chi connectivity index (χ2v) is 7.00. The van der Waals surface area contributed by atoms with Gasteiger partial charge in [-0.3, -0.25) is 19.7 Å². The van der Waals surface area contributed by atoms with Gasteiger partial charge in [-0.05, 0) is 38.2 Å². The summed E-state index contributed by atoms with van der Waals surface area (Å²) in [7, 11) is 0. The van der Waals surface area contributed by atoms with E-state index in [1.807, 2.05) is 0 Å². The minimum atomic E-state index is -0.929. The van der Waals surface area contributed by atoms with Crippen molar-refractivity contribution in [1.82, 2.24) is 5.32 Å². The summed E-state index contributed by atoms with van der Waals surface area (Å²) in [5.41, 5.74) is -0.817. The van der Waals surface area contributed by atoms with Gasteiger partial charge in [-0.15, -0.1) is 11.8 Å². The minimum absolute atomic E-state index is 0.126. The zero-order valence-corrected chi connectivity index (χ0v) is 14.4. The maximum absolute atomic E-state index is 12.5. The Kier molecular flexibility index (Phi) is 5.48. The Balaban J connectivity index is 2.27. The topological polar surface area (TPSA) is 110 Å². The predicted molar refractivity (Wildman–Crippen MR) is 90.3 cm³/mol. The molecule has 1 aromatic rings. The number of nitrogens with one attached hydrogen (secondary N) is 1. The Labute approximate surface area is 144 Å². The molecule has 0 radical (unpaired) electrons. The van der Waals surface area contributed by atoms with E-state index in [1.54, 1.807) is 13.2 Å². The van der Waals surface area contributed by atoms with E-state index in [0.29, 0.717) is 17.7 Å². The second-order valence-electron chi connectivity index (χ2n) is 6.15. The number of aliphatic carboxylic acids is 1. The van der Waals surface area contributed by atoms with E-state index < -0.39 is 28.3 Å². The molecule has 130 valence electrons. The molecule has 8 heteroatoms. The molecule has 2 N–H and O–H groups in total. The fraction of sp³-hybridized carbons (Fsp3) is 0.500. The molecule has 0 saturated heterocycles. The van der Waals surface area contributed by atoms with Crippen molar-refractivity contribution in [3.8, 4) is 0 Å². The number of amides is 1. The summed E-state index contributed by atoms with van der Waals surface area (Å²) in [6.45, 7) is 1.73. The number of nitro groups is 1. The first-order valence-corrected chi connectivity index (χ1v) is 8.88. The van der Waals surface area contributed by atoms with Gasteiger partial charge in [-0.1, -0.05) is 12.8 Å². The molecule has 1 saturated carbocycles. The van der Waals surface area contributed by atoms with Crippen LogP contribution in [0.5, 0.6) is 0 Å². The lowest BCUT2D eigenvalue weighted by atomic mass is 9.73. The number of carboxylic acids is 1. The predicted octanol–water partition coefficient (Wildman–Crippen LogP) is 3.08. The third-order valence-electron chi connectivity index (χ3n) is 4.54. The lowest BCUT2D eigenvalue weighted by Gasteiger charge is -2.39. The number of carbonyl (C=O) groups is 2. The lowest BCUT2D eigenvalue weighted by Crippen LogP contribution is -2.55. The third kappa shape index (κ3) is 3.69. The molecule has 1 aliphatic rings. The maximum Gasteiger partial charge on any atom is 0.308 e. The molecule has 0 heterocycles. The zero-order chi connectivity index (χ0) is 17.9. The Morgan fingerprint density at radius 3 is 2.71 bits per heavy atom. The van der Waals surface area contributed by atoms with Crippen molar-refractivity contribution in [1.29, 1.82) is 0 Å². The van der Waals surface area contributed by atoms with Crippen LogP contribution >= 0.6 is 11.8 Å². The van der Waals surface area contributed by atoms with Crippen LogP contribution in [0, 0.1) is 16.0 Å². The second kappa shape index (κ2) is 7.21. The molecule has 0 bridgehead atoms. The Bertz CT molecular complexity index is 678. The summed E-state index contributed by atoms with van der Waals surface area (Å²) < 4.78 is 0. The number of carbonyl (C=O) groups excluding carboxylic acids is 1. The van der Waals surface area contributed by atoms with Crippen molar-refractivity contribution in [3.05, 3.63) is 33.9 Å². The summed E-state index contributed by atoms with van der Waals surface area (Å²) in [5, 5.41) is 23.3. The highest BCUT2D eigenvalue weighted by Gasteiger charge is 2.42. The molecule has 1 aromatic carbocycles. The largest absolute Gasteiger partial charge is 0.481 e. The van der Waals surface area contributed by atoms with Crippen LogP contribution < -0.4 is 5.32 Å². The summed E-state index contributed by atoms with van der Waals surface area (Å²) in [6.07, 6.45) is 4.46. The maximum atomic E-state index is 12.5. The summed E-state index contributed by atoms with van der Waals surface area (Å²) in [6, 6.07) is 4.30. The van der Waals surface area contributed by atoms with Gasteiger partial charge in [0.15, 0.2) is 0 Å². The van der Waals surface area contributed by atoms with Crippen molar-refractivity contribution in [3.63, 3.8) is 0 Å². The Morgan fingerprint density at radius 1 is 1.42 bits per heavy atom. The number of carboxylic acid groups (broad SMARTS) is 1. The van der Waals surface area contributed by atoms with Gasteiger partial charge in [0.1, 0.15) is 0 Å². The fourth-order valence-electron chi connectivity index (χ4n) is 3.18. The molecule has 0 aromatic heterocycles. The highest BCUT2D eigenvalue weighted by atomic mass is 32.2. The van der Waals surface area contributed by atoms with E-state index in [-0.39, 0.29) is 11.3 Å². The number of nitro benzene ring substituents is 1. The number of rotatable bonds is 5. The van der Waals surface area contributed by atoms with Gasteiger partial charge in [0.25, 0.3) is 11.6 Å². The van der Waals surface area contributed by atoms with E-state index in [9.17, 15) is 24.8 Å². The van der Waals surface area contributed by atoms with Gasteiger partial charge in [0.2, 0.25) is 0 Å². The molecule has 7 nitrogen and oxygen atoms in total. The number of benzene rings is 1. The Morgan fingerprint density at radius 2 is 2.12 bits per heavy atom. The quantitative estimate of drug-likeness (QED) is 0.479. The van der Waals surface area contributed by atoms with E-state index >= 15 is 0 Å². The zero-order valence-electron chi connectivity index (χ0n) is 13.6. The molecular weight excluding hydrogens is 332 g/mol. The third-order valence-corrected chi connectivity index (χ3v) is 5.33. The Hall–Kier alpha value is -2.09. The van der Waals surface area contributed by atoms with Crippen LogP contribution in [0.4, 0.5) is 5.69 Å². The highest BCUT2D eigenvalue weighted by Crippen LogP contribution is 2.34. The number of hydrogen-bond acceptors (Lipinski definition) is 5. The smallest absolute Gasteiger partial charge is 0.308 e. The van der Waals surface area contributed by atoms with Crippen LogP contribution in [0.2, 0.25) is 0 Å². The lowest BCUT2D eigenvalue weighted by molar-refractivity contribution is -0.387. The molecule has 2 atom stereocenters. The average Bonchev–Trinajstić information content (AvgIpc) is 2.53. The fourth-order valence-corrected chi connectivity index (χ4v) is 3.73. The molecule has 0 spiro atoms. The van der Waals surface area contributed by atoms with Crippen LogP contribution in [0.1, 0.15) is 43.0 Å². The van der Waals surface area contributed by atoms with Gasteiger partial charge < -0.3 is 10.4 Å². The van der Waals surface area contributed by atoms with Crippen LogP contribution in [0.3, 0.4) is 0 Å². The monoisotopic (exact) mass is 352 g/mol. The molecular formula is C16H20N2O5S. The van der Waals surface area contributed by atoms with Crippen LogP contribution in [0.25, 0.3) is 0 Å². The summed E-state index contributed by atoms with van der Waals surface area (Å²) >= 11 is 1.23. The molecule has 2 unspecified atom stereocenters. The minimum Gasteiger partial charge on any atom is -0.481 e. The number of hydrogen-bond donors (Lipinski definition) is 2. The van der Waals surface area contributed by atoms with Crippen LogP contribution in [-0.4, -0.2) is 33.7 Å². The van der Waals surface area contributed by atoms with E-state index in [4.69, 9.17) is 0 Å². The van der Waals surface area contributed by atoms with Crippen molar-refractivity contribution >= 4 is 29.3 Å².